The molecule has 1 saturated heterocycles. The van der Waals surface area contributed by atoms with Crippen LogP contribution in [0.5, 0.6) is 0 Å². The fourth-order valence-corrected chi connectivity index (χ4v) is 3.84. The monoisotopic (exact) mass is 376 g/mol. The number of aromatic carboxylic acids is 1. The van der Waals surface area contributed by atoms with Gasteiger partial charge in [0.05, 0.1) is 17.7 Å². The van der Waals surface area contributed by atoms with Crippen LogP contribution in [-0.4, -0.2) is 51.5 Å². The summed E-state index contributed by atoms with van der Waals surface area (Å²) in [6.07, 6.45) is 3.65. The molecule has 1 atom stereocenters. The van der Waals surface area contributed by atoms with Crippen molar-refractivity contribution in [3.8, 4) is 0 Å². The number of aromatic nitrogens is 2. The molecule has 0 saturated carbocycles. The highest BCUT2D eigenvalue weighted by Crippen LogP contribution is 2.25. The molecule has 2 aromatic heterocycles. The first-order chi connectivity index (χ1) is 12.5. The van der Waals surface area contributed by atoms with E-state index in [4.69, 9.17) is 5.11 Å². The molecule has 1 aliphatic heterocycles. The van der Waals surface area contributed by atoms with Gasteiger partial charge in [-0.05, 0) is 30.8 Å². The van der Waals surface area contributed by atoms with Crippen molar-refractivity contribution in [3.05, 3.63) is 44.8 Å². The van der Waals surface area contributed by atoms with Crippen molar-refractivity contribution >= 4 is 28.9 Å². The summed E-state index contributed by atoms with van der Waals surface area (Å²) in [5.74, 6) is -1.06. The molecule has 0 bridgehead atoms. The largest absolute Gasteiger partial charge is 0.477 e. The Morgan fingerprint density at radius 3 is 3.08 bits per heavy atom. The van der Waals surface area contributed by atoms with E-state index in [9.17, 15) is 14.4 Å². The molecule has 1 aliphatic rings. The van der Waals surface area contributed by atoms with Gasteiger partial charge in [-0.15, -0.1) is 11.3 Å². The van der Waals surface area contributed by atoms with Gasteiger partial charge in [0.15, 0.2) is 0 Å². The SMILES string of the molecule is O=C(CCN1CCC[C@@H](c2cc(=O)[nH]cn2)C1)Nc1ccsc1C(=O)O. The van der Waals surface area contributed by atoms with Gasteiger partial charge < -0.3 is 20.3 Å². The van der Waals surface area contributed by atoms with Crippen LogP contribution in [0.15, 0.2) is 28.6 Å². The summed E-state index contributed by atoms with van der Waals surface area (Å²) in [6.45, 7) is 2.23. The number of amides is 1. The average Bonchev–Trinajstić information content (AvgIpc) is 3.08. The quantitative estimate of drug-likeness (QED) is 0.707. The molecular formula is C17H20N4O4S. The van der Waals surface area contributed by atoms with Gasteiger partial charge in [0.1, 0.15) is 4.88 Å². The summed E-state index contributed by atoms with van der Waals surface area (Å²) < 4.78 is 0. The minimum atomic E-state index is -1.04. The number of aromatic amines is 1. The Balaban J connectivity index is 1.52. The maximum absolute atomic E-state index is 12.1. The number of hydrogen-bond donors (Lipinski definition) is 3. The highest BCUT2D eigenvalue weighted by atomic mass is 32.1. The van der Waals surface area contributed by atoms with E-state index in [1.807, 2.05) is 0 Å². The Bertz CT molecular complexity index is 847. The van der Waals surface area contributed by atoms with Crippen molar-refractivity contribution in [2.24, 2.45) is 0 Å². The predicted octanol–water partition coefficient (Wildman–Crippen LogP) is 1.74. The van der Waals surface area contributed by atoms with Gasteiger partial charge in [0.25, 0.3) is 5.56 Å². The van der Waals surface area contributed by atoms with Crippen LogP contribution in [0.4, 0.5) is 5.69 Å². The highest BCUT2D eigenvalue weighted by molar-refractivity contribution is 7.12. The van der Waals surface area contributed by atoms with E-state index in [-0.39, 0.29) is 28.7 Å². The lowest BCUT2D eigenvalue weighted by atomic mass is 9.94. The lowest BCUT2D eigenvalue weighted by Crippen LogP contribution is -2.37. The van der Waals surface area contributed by atoms with Crippen molar-refractivity contribution in [2.75, 3.05) is 25.0 Å². The van der Waals surface area contributed by atoms with Gasteiger partial charge >= 0.3 is 5.97 Å². The van der Waals surface area contributed by atoms with Crippen molar-refractivity contribution in [1.29, 1.82) is 0 Å². The number of carboxylic acids is 1. The number of carboxylic acid groups (broad SMARTS) is 1. The topological polar surface area (TPSA) is 115 Å². The van der Waals surface area contributed by atoms with Crippen LogP contribution in [-0.2, 0) is 4.79 Å². The number of carbonyl (C=O) groups is 2. The summed E-state index contributed by atoms with van der Waals surface area (Å²) in [6, 6.07) is 3.13. The fraction of sp³-hybridized carbons (Fsp3) is 0.412. The van der Waals surface area contributed by atoms with Gasteiger partial charge in [0, 0.05) is 31.5 Å². The molecule has 138 valence electrons. The number of hydrogen-bond acceptors (Lipinski definition) is 6. The molecular weight excluding hydrogens is 356 g/mol. The second-order valence-corrected chi connectivity index (χ2v) is 7.16. The molecule has 3 N–H and O–H groups in total. The number of carbonyl (C=O) groups excluding carboxylic acids is 1. The Morgan fingerprint density at radius 2 is 2.31 bits per heavy atom. The molecule has 3 rings (SSSR count). The minimum absolute atomic E-state index is 0.136. The second-order valence-electron chi connectivity index (χ2n) is 6.24. The normalized spacial score (nSPS) is 17.8. The molecule has 0 aromatic carbocycles. The Labute approximate surface area is 153 Å². The van der Waals surface area contributed by atoms with Crippen LogP contribution in [0, 0.1) is 0 Å². The van der Waals surface area contributed by atoms with Gasteiger partial charge in [-0.1, -0.05) is 0 Å². The van der Waals surface area contributed by atoms with Crippen LogP contribution in [0.1, 0.15) is 40.5 Å². The lowest BCUT2D eigenvalue weighted by Gasteiger charge is -2.32. The molecule has 0 aliphatic carbocycles. The first-order valence-corrected chi connectivity index (χ1v) is 9.28. The Kier molecular flexibility index (Phi) is 5.79. The van der Waals surface area contributed by atoms with Crippen LogP contribution in [0.25, 0.3) is 0 Å². The summed E-state index contributed by atoms with van der Waals surface area (Å²) in [4.78, 5) is 43.8. The highest BCUT2D eigenvalue weighted by Gasteiger charge is 2.23. The zero-order valence-electron chi connectivity index (χ0n) is 14.1. The van der Waals surface area contributed by atoms with E-state index in [0.717, 1.165) is 43.0 Å². The number of piperidine rings is 1. The molecule has 0 spiro atoms. The smallest absolute Gasteiger partial charge is 0.348 e. The van der Waals surface area contributed by atoms with Crippen LogP contribution >= 0.6 is 11.3 Å². The van der Waals surface area contributed by atoms with Crippen molar-refractivity contribution in [1.82, 2.24) is 14.9 Å². The number of nitrogens with zero attached hydrogens (tertiary/aromatic N) is 2. The lowest BCUT2D eigenvalue weighted by molar-refractivity contribution is -0.116. The van der Waals surface area contributed by atoms with Crippen LogP contribution < -0.4 is 10.9 Å². The predicted molar refractivity (Wildman–Crippen MR) is 97.8 cm³/mol. The number of thiophene rings is 1. The Hall–Kier alpha value is -2.52. The zero-order valence-corrected chi connectivity index (χ0v) is 14.9. The number of nitrogens with one attached hydrogen (secondary N) is 2. The average molecular weight is 376 g/mol. The van der Waals surface area contributed by atoms with Gasteiger partial charge in [-0.2, -0.15) is 0 Å². The summed E-state index contributed by atoms with van der Waals surface area (Å²) >= 11 is 1.09. The third-order valence-corrected chi connectivity index (χ3v) is 5.31. The van der Waals surface area contributed by atoms with Gasteiger partial charge in [0.2, 0.25) is 5.91 Å². The van der Waals surface area contributed by atoms with Crippen molar-refractivity contribution in [2.45, 2.75) is 25.2 Å². The second kappa shape index (κ2) is 8.24. The minimum Gasteiger partial charge on any atom is -0.477 e. The van der Waals surface area contributed by atoms with Crippen molar-refractivity contribution < 1.29 is 14.7 Å². The standard InChI is InChI=1S/C17H20N4O4S/c22-14(20-12-4-7-26-16(12)17(24)25)3-6-21-5-1-2-11(9-21)13-8-15(23)19-10-18-13/h4,7-8,10-11H,1-3,5-6,9H2,(H,20,22)(H,24,25)(H,18,19,23)/t11-/m1/s1. The summed E-state index contributed by atoms with van der Waals surface area (Å²) in [7, 11) is 0. The van der Waals surface area contributed by atoms with E-state index in [1.54, 1.807) is 11.4 Å². The van der Waals surface area contributed by atoms with Crippen molar-refractivity contribution in [3.63, 3.8) is 0 Å². The first-order valence-electron chi connectivity index (χ1n) is 8.40. The maximum Gasteiger partial charge on any atom is 0.348 e. The molecule has 9 heteroatoms. The maximum atomic E-state index is 12.1. The third kappa shape index (κ3) is 4.55. The molecule has 1 amide bonds. The van der Waals surface area contributed by atoms with E-state index in [1.165, 1.54) is 12.4 Å². The number of anilines is 1. The summed E-state index contributed by atoms with van der Waals surface area (Å²) in [5, 5.41) is 13.4. The molecule has 26 heavy (non-hydrogen) atoms. The first kappa shape index (κ1) is 18.3. The van der Waals surface area contributed by atoms with Gasteiger partial charge in [-0.3, -0.25) is 9.59 Å². The van der Waals surface area contributed by atoms with Crippen LogP contribution in [0.2, 0.25) is 0 Å². The number of rotatable bonds is 6. The molecule has 8 nitrogen and oxygen atoms in total. The third-order valence-electron chi connectivity index (χ3n) is 4.41. The molecule has 1 fully saturated rings. The van der Waals surface area contributed by atoms with Crippen LogP contribution in [0.3, 0.4) is 0 Å². The van der Waals surface area contributed by atoms with E-state index >= 15 is 0 Å². The number of H-pyrrole nitrogens is 1. The van der Waals surface area contributed by atoms with E-state index in [0.29, 0.717) is 12.2 Å². The van der Waals surface area contributed by atoms with Gasteiger partial charge in [-0.25, -0.2) is 9.78 Å². The zero-order chi connectivity index (χ0) is 18.5. The van der Waals surface area contributed by atoms with E-state index < -0.39 is 5.97 Å². The molecule has 0 radical (unpaired) electrons. The number of likely N-dealkylation sites (tertiary alicyclic amines) is 1. The fourth-order valence-electron chi connectivity index (χ4n) is 3.15. The molecule has 0 unspecified atom stereocenters. The summed E-state index contributed by atoms with van der Waals surface area (Å²) in [5.41, 5.74) is 0.973. The van der Waals surface area contributed by atoms with E-state index in [2.05, 4.69) is 20.2 Å². The Morgan fingerprint density at radius 1 is 1.46 bits per heavy atom. The molecule has 3 heterocycles. The molecule has 2 aromatic rings.